The van der Waals surface area contributed by atoms with Gasteiger partial charge in [0.15, 0.2) is 0 Å². The maximum atomic E-state index is 10.7. The van der Waals surface area contributed by atoms with Crippen LogP contribution < -0.4 is 10.9 Å². The molecule has 0 aromatic carbocycles. The lowest BCUT2D eigenvalue weighted by Gasteiger charge is -2.00. The van der Waals surface area contributed by atoms with Gasteiger partial charge in [0.25, 0.3) is 11.8 Å². The third kappa shape index (κ3) is 5.22. The van der Waals surface area contributed by atoms with E-state index in [4.69, 9.17) is 0 Å². The van der Waals surface area contributed by atoms with E-state index in [-0.39, 0.29) is 11.8 Å². The molecule has 0 aliphatic rings. The van der Waals surface area contributed by atoms with Gasteiger partial charge in [-0.05, 0) is 13.8 Å². The molecule has 0 bridgehead atoms. The Hall–Kier alpha value is -1.58. The lowest BCUT2D eigenvalue weighted by atomic mass is 10.5. The first-order chi connectivity index (χ1) is 5.70. The van der Waals surface area contributed by atoms with Crippen molar-refractivity contribution in [1.82, 2.24) is 10.9 Å². The molecule has 0 heterocycles. The number of hydrogen-bond acceptors (Lipinski definition) is 2. The molecule has 0 aromatic rings. The summed E-state index contributed by atoms with van der Waals surface area (Å²) in [5.74, 6) is -0.703. The van der Waals surface area contributed by atoms with E-state index < -0.39 is 0 Å². The maximum Gasteiger partial charge on any atom is 0.262 e. The average Bonchev–Trinajstić information content (AvgIpc) is 2.02. The second-order valence-electron chi connectivity index (χ2n) is 1.98. The van der Waals surface area contributed by atoms with Gasteiger partial charge in [0, 0.05) is 12.2 Å². The van der Waals surface area contributed by atoms with Gasteiger partial charge in [0.05, 0.1) is 0 Å². The number of allylic oxidation sites excluding steroid dienone is 2. The van der Waals surface area contributed by atoms with Gasteiger partial charge in [-0.25, -0.2) is 0 Å². The number of hydrazine groups is 1. The second kappa shape index (κ2) is 6.15. The normalized spacial score (nSPS) is 10.5. The largest absolute Gasteiger partial charge is 0.268 e. The summed E-state index contributed by atoms with van der Waals surface area (Å²) in [5.41, 5.74) is 4.38. The van der Waals surface area contributed by atoms with Crippen LogP contribution in [0.4, 0.5) is 0 Å². The molecule has 2 N–H and O–H groups in total. The van der Waals surface area contributed by atoms with Crippen molar-refractivity contribution in [1.29, 1.82) is 0 Å². The fraction of sp³-hybridized carbons (Fsp3) is 0.250. The molecule has 4 heteroatoms. The molecular formula is C8H12N2O2. The topological polar surface area (TPSA) is 58.2 Å². The van der Waals surface area contributed by atoms with Crippen LogP contribution in [-0.2, 0) is 9.59 Å². The Labute approximate surface area is 71.3 Å². The fourth-order valence-corrected chi connectivity index (χ4v) is 0.509. The zero-order chi connectivity index (χ0) is 9.40. The number of hydrogen-bond donors (Lipinski definition) is 2. The summed E-state index contributed by atoms with van der Waals surface area (Å²) in [6, 6.07) is 0. The molecule has 0 aromatic heterocycles. The van der Waals surface area contributed by atoms with Crippen LogP contribution in [0.3, 0.4) is 0 Å². The first-order valence-electron chi connectivity index (χ1n) is 3.56. The average molecular weight is 168 g/mol. The SMILES string of the molecule is CC=CC(=O)NNC(=O)C=CC. The Balaban J connectivity index is 3.68. The Morgan fingerprint density at radius 1 is 0.917 bits per heavy atom. The molecule has 0 spiro atoms. The molecule has 0 fully saturated rings. The van der Waals surface area contributed by atoms with Gasteiger partial charge in [0.1, 0.15) is 0 Å². The molecule has 0 saturated carbocycles. The van der Waals surface area contributed by atoms with Crippen LogP contribution in [0.25, 0.3) is 0 Å². The lowest BCUT2D eigenvalue weighted by Crippen LogP contribution is -2.39. The molecular weight excluding hydrogens is 156 g/mol. The summed E-state index contributed by atoms with van der Waals surface area (Å²) >= 11 is 0. The van der Waals surface area contributed by atoms with Crippen molar-refractivity contribution in [2.75, 3.05) is 0 Å². The van der Waals surface area contributed by atoms with E-state index in [1.165, 1.54) is 12.2 Å². The molecule has 4 nitrogen and oxygen atoms in total. The molecule has 0 atom stereocenters. The number of amides is 2. The molecule has 12 heavy (non-hydrogen) atoms. The van der Waals surface area contributed by atoms with Crippen LogP contribution in [-0.4, -0.2) is 11.8 Å². The zero-order valence-electron chi connectivity index (χ0n) is 7.13. The number of carbonyl (C=O) groups is 2. The van der Waals surface area contributed by atoms with E-state index in [0.717, 1.165) is 0 Å². The van der Waals surface area contributed by atoms with E-state index in [0.29, 0.717) is 0 Å². The highest BCUT2D eigenvalue weighted by atomic mass is 16.2. The van der Waals surface area contributed by atoms with Gasteiger partial charge in [-0.15, -0.1) is 0 Å². The van der Waals surface area contributed by atoms with Crippen molar-refractivity contribution < 1.29 is 9.59 Å². The van der Waals surface area contributed by atoms with Crippen molar-refractivity contribution in [2.45, 2.75) is 13.8 Å². The van der Waals surface area contributed by atoms with Crippen molar-refractivity contribution in [3.63, 3.8) is 0 Å². The van der Waals surface area contributed by atoms with Crippen molar-refractivity contribution in [2.24, 2.45) is 0 Å². The number of nitrogens with one attached hydrogen (secondary N) is 2. The Bertz CT molecular complexity index is 195. The third-order valence-corrected chi connectivity index (χ3v) is 0.945. The van der Waals surface area contributed by atoms with E-state index in [1.54, 1.807) is 26.0 Å². The summed E-state index contributed by atoms with van der Waals surface area (Å²) in [4.78, 5) is 21.4. The van der Waals surface area contributed by atoms with Gasteiger partial charge < -0.3 is 0 Å². The summed E-state index contributed by atoms with van der Waals surface area (Å²) in [6.07, 6.45) is 5.79. The standard InChI is InChI=1S/C8H12N2O2/c1-3-5-7(11)9-10-8(12)6-4-2/h3-6H,1-2H3,(H,9,11)(H,10,12). The predicted octanol–water partition coefficient (Wildman–Crippen LogP) is 0.286. The van der Waals surface area contributed by atoms with E-state index in [9.17, 15) is 9.59 Å². The van der Waals surface area contributed by atoms with Crippen LogP contribution in [0.1, 0.15) is 13.8 Å². The maximum absolute atomic E-state index is 10.7. The monoisotopic (exact) mass is 168 g/mol. The second-order valence-corrected chi connectivity index (χ2v) is 1.98. The lowest BCUT2D eigenvalue weighted by molar-refractivity contribution is -0.123. The summed E-state index contributed by atoms with van der Waals surface area (Å²) in [7, 11) is 0. The molecule has 66 valence electrons. The predicted molar refractivity (Wildman–Crippen MR) is 45.9 cm³/mol. The van der Waals surface area contributed by atoms with Crippen LogP contribution in [0.5, 0.6) is 0 Å². The van der Waals surface area contributed by atoms with Gasteiger partial charge in [-0.2, -0.15) is 0 Å². The van der Waals surface area contributed by atoms with Gasteiger partial charge in [0.2, 0.25) is 0 Å². The Morgan fingerprint density at radius 2 is 1.25 bits per heavy atom. The highest BCUT2D eigenvalue weighted by molar-refractivity contribution is 5.92. The minimum absolute atomic E-state index is 0.352. The minimum Gasteiger partial charge on any atom is -0.268 e. The third-order valence-electron chi connectivity index (χ3n) is 0.945. The van der Waals surface area contributed by atoms with E-state index in [1.807, 2.05) is 0 Å². The molecule has 0 radical (unpaired) electrons. The van der Waals surface area contributed by atoms with Crippen molar-refractivity contribution in [3.8, 4) is 0 Å². The smallest absolute Gasteiger partial charge is 0.262 e. The van der Waals surface area contributed by atoms with Gasteiger partial charge in [-0.3, -0.25) is 20.4 Å². The highest BCUT2D eigenvalue weighted by Crippen LogP contribution is 1.71. The van der Waals surface area contributed by atoms with Gasteiger partial charge >= 0.3 is 0 Å². The summed E-state index contributed by atoms with van der Waals surface area (Å²) in [5, 5.41) is 0. The first kappa shape index (κ1) is 10.4. The van der Waals surface area contributed by atoms with Crippen LogP contribution in [0.2, 0.25) is 0 Å². The van der Waals surface area contributed by atoms with E-state index in [2.05, 4.69) is 10.9 Å². The number of carbonyl (C=O) groups excluding carboxylic acids is 2. The molecule has 0 saturated heterocycles. The zero-order valence-corrected chi connectivity index (χ0v) is 7.13. The fourth-order valence-electron chi connectivity index (χ4n) is 0.509. The molecule has 2 amide bonds. The molecule has 0 unspecified atom stereocenters. The van der Waals surface area contributed by atoms with Crippen LogP contribution >= 0.6 is 0 Å². The Morgan fingerprint density at radius 3 is 1.50 bits per heavy atom. The van der Waals surface area contributed by atoms with Gasteiger partial charge in [-0.1, -0.05) is 12.2 Å². The highest BCUT2D eigenvalue weighted by Gasteiger charge is 1.95. The summed E-state index contributed by atoms with van der Waals surface area (Å²) < 4.78 is 0. The van der Waals surface area contributed by atoms with Crippen molar-refractivity contribution in [3.05, 3.63) is 24.3 Å². The summed E-state index contributed by atoms with van der Waals surface area (Å²) in [6.45, 7) is 3.43. The molecule has 0 aliphatic heterocycles. The first-order valence-corrected chi connectivity index (χ1v) is 3.56. The Kier molecular flexibility index (Phi) is 5.34. The minimum atomic E-state index is -0.352. The molecule has 0 aliphatic carbocycles. The number of rotatable bonds is 2. The van der Waals surface area contributed by atoms with Crippen LogP contribution in [0, 0.1) is 0 Å². The van der Waals surface area contributed by atoms with Crippen LogP contribution in [0.15, 0.2) is 24.3 Å². The quantitative estimate of drug-likeness (QED) is 0.460. The van der Waals surface area contributed by atoms with E-state index >= 15 is 0 Å². The molecule has 0 rings (SSSR count). The van der Waals surface area contributed by atoms with Crippen molar-refractivity contribution >= 4 is 11.8 Å².